The minimum Gasteiger partial charge on any atom is -0.444 e. The molecule has 112 valence electrons. The van der Waals surface area contributed by atoms with Gasteiger partial charge in [0, 0.05) is 26.8 Å². The van der Waals surface area contributed by atoms with E-state index in [2.05, 4.69) is 37.7 Å². The first-order valence-electron chi connectivity index (χ1n) is 6.75. The first-order valence-corrected chi connectivity index (χ1v) is 10.1. The Labute approximate surface area is 142 Å². The largest absolute Gasteiger partial charge is 0.444 e. The van der Waals surface area contributed by atoms with Crippen LogP contribution in [0.2, 0.25) is 0 Å². The zero-order valence-corrected chi connectivity index (χ0v) is 15.3. The lowest BCUT2D eigenvalue weighted by atomic mass is 10.0. The molecule has 2 rings (SSSR count). The highest BCUT2D eigenvalue weighted by molar-refractivity contribution is 14.2. The number of alkyl carbamates (subject to hydrolysis) is 1. The number of hydrogen-bond donors (Lipinski definition) is 1. The Morgan fingerprint density at radius 1 is 1.33 bits per heavy atom. The Kier molecular flexibility index (Phi) is 5.10. The Balaban J connectivity index is 2.05. The predicted octanol–water partition coefficient (Wildman–Crippen LogP) is 4.59. The molecule has 0 aliphatic heterocycles. The van der Waals surface area contributed by atoms with Gasteiger partial charge in [-0.15, -0.1) is 0 Å². The first kappa shape index (κ1) is 16.5. The Morgan fingerprint density at radius 3 is 2.43 bits per heavy atom. The molecule has 1 aromatic rings. The number of rotatable bonds is 2. The van der Waals surface area contributed by atoms with Gasteiger partial charge in [-0.2, -0.15) is 0 Å². The SMILES string of the molecule is CC(C)(C)OC(=O)NC1(c2ccc(C#CSI)cc2)CC1. The highest BCUT2D eigenvalue weighted by atomic mass is 127. The van der Waals surface area contributed by atoms with E-state index in [1.54, 1.807) is 0 Å². The van der Waals surface area contributed by atoms with Crippen LogP contribution in [-0.4, -0.2) is 11.7 Å². The molecule has 0 aromatic heterocycles. The number of halogens is 1. The summed E-state index contributed by atoms with van der Waals surface area (Å²) in [5, 5.41) is 5.96. The highest BCUT2D eigenvalue weighted by Gasteiger charge is 2.46. The number of amides is 1. The predicted molar refractivity (Wildman–Crippen MR) is 95.2 cm³/mol. The monoisotopic (exact) mass is 415 g/mol. The van der Waals surface area contributed by atoms with Crippen molar-refractivity contribution >= 4 is 36.2 Å². The van der Waals surface area contributed by atoms with Crippen LogP contribution in [0.1, 0.15) is 44.7 Å². The van der Waals surface area contributed by atoms with Gasteiger partial charge in [0.1, 0.15) is 5.60 Å². The first-order chi connectivity index (χ1) is 9.85. The second kappa shape index (κ2) is 6.49. The number of hydrogen-bond acceptors (Lipinski definition) is 3. The average Bonchev–Trinajstić information content (AvgIpc) is 3.15. The van der Waals surface area contributed by atoms with E-state index in [1.165, 1.54) is 8.93 Å². The van der Waals surface area contributed by atoms with E-state index in [0.29, 0.717) is 0 Å². The lowest BCUT2D eigenvalue weighted by molar-refractivity contribution is 0.0495. The molecule has 0 radical (unpaired) electrons. The average molecular weight is 415 g/mol. The van der Waals surface area contributed by atoms with Gasteiger partial charge in [-0.3, -0.25) is 0 Å². The van der Waals surface area contributed by atoms with Crippen LogP contribution in [0.4, 0.5) is 4.79 Å². The molecule has 5 heteroatoms. The molecule has 0 bridgehead atoms. The van der Waals surface area contributed by atoms with Crippen molar-refractivity contribution in [3.63, 3.8) is 0 Å². The van der Waals surface area contributed by atoms with Crippen molar-refractivity contribution in [2.75, 3.05) is 0 Å². The van der Waals surface area contributed by atoms with Crippen LogP contribution < -0.4 is 5.32 Å². The maximum absolute atomic E-state index is 11.9. The lowest BCUT2D eigenvalue weighted by Crippen LogP contribution is -2.39. The van der Waals surface area contributed by atoms with Crippen LogP contribution in [0, 0.1) is 11.2 Å². The summed E-state index contributed by atoms with van der Waals surface area (Å²) in [5.74, 6) is 3.06. The standard InChI is InChI=1S/C16H18INO2S/c1-15(2,3)20-14(19)18-16(9-10-16)13-6-4-12(5-7-13)8-11-21-17/h4-7H,9-10H2,1-3H3,(H,18,19). The van der Waals surface area contributed by atoms with Crippen LogP contribution in [0.5, 0.6) is 0 Å². The molecule has 1 saturated carbocycles. The molecule has 0 unspecified atom stereocenters. The smallest absolute Gasteiger partial charge is 0.408 e. The molecule has 0 heterocycles. The van der Waals surface area contributed by atoms with Crippen LogP contribution in [-0.2, 0) is 10.3 Å². The van der Waals surface area contributed by atoms with E-state index in [-0.39, 0.29) is 11.6 Å². The van der Waals surface area contributed by atoms with Crippen LogP contribution in [0.25, 0.3) is 0 Å². The summed E-state index contributed by atoms with van der Waals surface area (Å²) in [5.41, 5.74) is 1.36. The molecule has 0 spiro atoms. The summed E-state index contributed by atoms with van der Waals surface area (Å²) in [7, 11) is 1.47. The van der Waals surface area contributed by atoms with Gasteiger partial charge in [-0.25, -0.2) is 4.79 Å². The van der Waals surface area contributed by atoms with Crippen LogP contribution in [0.15, 0.2) is 24.3 Å². The molecule has 1 aliphatic rings. The number of carbonyl (C=O) groups excluding carboxylic acids is 1. The van der Waals surface area contributed by atoms with Gasteiger partial charge in [0.2, 0.25) is 0 Å². The van der Waals surface area contributed by atoms with Crippen molar-refractivity contribution in [1.82, 2.24) is 5.32 Å². The van der Waals surface area contributed by atoms with Gasteiger partial charge in [0.15, 0.2) is 0 Å². The fourth-order valence-electron chi connectivity index (χ4n) is 2.06. The third-order valence-corrected chi connectivity index (χ3v) is 4.00. The van der Waals surface area contributed by atoms with E-state index in [9.17, 15) is 4.79 Å². The van der Waals surface area contributed by atoms with Gasteiger partial charge in [-0.1, -0.05) is 18.1 Å². The fraction of sp³-hybridized carbons (Fsp3) is 0.438. The molecule has 0 atom stereocenters. The number of carbonyl (C=O) groups is 1. The minimum atomic E-state index is -0.475. The van der Waals surface area contributed by atoms with Crippen molar-refractivity contribution in [3.8, 4) is 11.2 Å². The quantitative estimate of drug-likeness (QED) is 0.567. The van der Waals surface area contributed by atoms with Gasteiger partial charge >= 0.3 is 6.09 Å². The second-order valence-electron chi connectivity index (χ2n) is 6.09. The topological polar surface area (TPSA) is 38.3 Å². The zero-order chi connectivity index (χ0) is 15.5. The second-order valence-corrected chi connectivity index (χ2v) is 7.77. The van der Waals surface area contributed by atoms with Crippen LogP contribution >= 0.6 is 30.1 Å². The zero-order valence-electron chi connectivity index (χ0n) is 12.3. The van der Waals surface area contributed by atoms with Gasteiger partial charge in [0.05, 0.1) is 5.54 Å². The lowest BCUT2D eigenvalue weighted by Gasteiger charge is -2.23. The van der Waals surface area contributed by atoms with Crippen LogP contribution in [0.3, 0.4) is 0 Å². The minimum absolute atomic E-state index is 0.258. The van der Waals surface area contributed by atoms with Gasteiger partial charge in [-0.05, 0) is 65.5 Å². The van der Waals surface area contributed by atoms with Crippen molar-refractivity contribution in [1.29, 1.82) is 0 Å². The summed E-state index contributed by atoms with van der Waals surface area (Å²) in [6.07, 6.45) is 1.53. The van der Waals surface area contributed by atoms with E-state index in [0.717, 1.165) is 24.0 Å². The number of benzene rings is 1. The maximum atomic E-state index is 11.9. The highest BCUT2D eigenvalue weighted by Crippen LogP contribution is 2.45. The molecule has 0 saturated heterocycles. The Hall–Kier alpha value is -0.870. The van der Waals surface area contributed by atoms with E-state index in [4.69, 9.17) is 4.74 Å². The third-order valence-electron chi connectivity index (χ3n) is 3.16. The van der Waals surface area contributed by atoms with Crippen molar-refractivity contribution in [3.05, 3.63) is 35.4 Å². The molecule has 1 fully saturated rings. The van der Waals surface area contributed by atoms with Gasteiger partial charge < -0.3 is 10.1 Å². The van der Waals surface area contributed by atoms with Crippen molar-refractivity contribution in [2.45, 2.75) is 44.8 Å². The molecule has 1 N–H and O–H groups in total. The Bertz CT molecular complexity index is 577. The Morgan fingerprint density at radius 2 is 1.95 bits per heavy atom. The summed E-state index contributed by atoms with van der Waals surface area (Å²) >= 11 is 2.15. The van der Waals surface area contributed by atoms with Crippen molar-refractivity contribution in [2.24, 2.45) is 0 Å². The molecule has 1 amide bonds. The van der Waals surface area contributed by atoms with Crippen molar-refractivity contribution < 1.29 is 9.53 Å². The summed E-state index contributed by atoms with van der Waals surface area (Å²) in [4.78, 5) is 11.9. The van der Waals surface area contributed by atoms with Gasteiger partial charge in [0.25, 0.3) is 0 Å². The molecule has 1 aromatic carbocycles. The summed E-state index contributed by atoms with van der Waals surface area (Å²) < 4.78 is 5.34. The molecular weight excluding hydrogens is 397 g/mol. The third kappa shape index (κ3) is 4.82. The molecule has 21 heavy (non-hydrogen) atoms. The normalized spacial score (nSPS) is 15.6. The fourth-order valence-corrected chi connectivity index (χ4v) is 2.55. The maximum Gasteiger partial charge on any atom is 0.408 e. The summed E-state index contributed by atoms with van der Waals surface area (Å²) in [6, 6.07) is 8.05. The van der Waals surface area contributed by atoms with E-state index in [1.807, 2.05) is 45.0 Å². The molecular formula is C16H18INO2S. The molecule has 1 aliphatic carbocycles. The number of ether oxygens (including phenoxy) is 1. The van der Waals surface area contributed by atoms with E-state index >= 15 is 0 Å². The summed E-state index contributed by atoms with van der Waals surface area (Å²) in [6.45, 7) is 5.60. The van der Waals surface area contributed by atoms with E-state index < -0.39 is 5.60 Å². The number of nitrogens with one attached hydrogen (secondary N) is 1. The molecule has 3 nitrogen and oxygen atoms in total.